The third-order valence-corrected chi connectivity index (χ3v) is 5.95. The molecular formula is C22H36IN3O2. The molecule has 1 heterocycles. The van der Waals surface area contributed by atoms with Crippen LogP contribution in [0.2, 0.25) is 0 Å². The number of halogens is 1. The van der Waals surface area contributed by atoms with Gasteiger partial charge in [0.15, 0.2) is 5.96 Å². The summed E-state index contributed by atoms with van der Waals surface area (Å²) in [4.78, 5) is 6.92. The number of aryl methyl sites for hydroxylation is 1. The van der Waals surface area contributed by atoms with E-state index >= 15 is 0 Å². The Morgan fingerprint density at radius 3 is 2.54 bits per heavy atom. The van der Waals surface area contributed by atoms with Crippen molar-refractivity contribution in [1.82, 2.24) is 10.2 Å². The number of methoxy groups -OCH3 is 1. The molecule has 0 unspecified atom stereocenters. The van der Waals surface area contributed by atoms with Crippen molar-refractivity contribution in [1.29, 1.82) is 0 Å². The topological polar surface area (TPSA) is 46.1 Å². The number of hydrogen-bond acceptors (Lipinski definition) is 3. The average molecular weight is 501 g/mol. The van der Waals surface area contributed by atoms with Gasteiger partial charge in [-0.1, -0.05) is 24.3 Å². The second-order valence-electron chi connectivity index (χ2n) is 7.90. The van der Waals surface area contributed by atoms with Crippen molar-refractivity contribution in [3.8, 4) is 0 Å². The summed E-state index contributed by atoms with van der Waals surface area (Å²) in [6.07, 6.45) is 6.00. The van der Waals surface area contributed by atoms with E-state index in [4.69, 9.17) is 9.47 Å². The normalized spacial score (nSPS) is 19.2. The van der Waals surface area contributed by atoms with Crippen LogP contribution in [0.4, 0.5) is 0 Å². The van der Waals surface area contributed by atoms with E-state index in [9.17, 15) is 0 Å². The molecule has 6 heteroatoms. The maximum atomic E-state index is 5.98. The number of guanidine groups is 1. The highest BCUT2D eigenvalue weighted by molar-refractivity contribution is 14.0. The first-order valence-corrected chi connectivity index (χ1v) is 10.3. The number of nitrogens with zero attached hydrogens (tertiary/aromatic N) is 2. The van der Waals surface area contributed by atoms with Gasteiger partial charge in [0.2, 0.25) is 0 Å². The third kappa shape index (κ3) is 6.07. The average Bonchev–Trinajstić information content (AvgIpc) is 3.48. The summed E-state index contributed by atoms with van der Waals surface area (Å²) in [7, 11) is 3.63. The molecule has 5 nitrogen and oxygen atoms in total. The standard InChI is InChI=1S/C22H35N3O2.HI/c1-18-7-4-5-8-20(18)22(11-12-22)17-24-21(23-2)25-13-9-19(10-14-25)27-16-6-15-26-3;/h4-5,7-8,19H,6,9-17H2,1-3H3,(H,23,24);1H. The molecule has 3 rings (SSSR count). The van der Waals surface area contributed by atoms with Crippen LogP contribution in [0.5, 0.6) is 0 Å². The molecule has 0 aromatic heterocycles. The van der Waals surface area contributed by atoms with E-state index in [-0.39, 0.29) is 24.0 Å². The second-order valence-corrected chi connectivity index (χ2v) is 7.90. The summed E-state index contributed by atoms with van der Waals surface area (Å²) in [6.45, 7) is 6.78. The number of aliphatic imine (C=N–C) groups is 1. The van der Waals surface area contributed by atoms with Gasteiger partial charge in [-0.15, -0.1) is 24.0 Å². The summed E-state index contributed by atoms with van der Waals surface area (Å²) in [5.74, 6) is 1.03. The van der Waals surface area contributed by atoms with Crippen molar-refractivity contribution in [2.24, 2.45) is 4.99 Å². The number of likely N-dealkylation sites (tertiary alicyclic amines) is 1. The van der Waals surface area contributed by atoms with Gasteiger partial charge in [-0.3, -0.25) is 4.99 Å². The highest BCUT2D eigenvalue weighted by Gasteiger charge is 2.45. The minimum atomic E-state index is 0. The lowest BCUT2D eigenvalue weighted by atomic mass is 9.92. The number of ether oxygens (including phenoxy) is 2. The molecule has 0 amide bonds. The largest absolute Gasteiger partial charge is 0.385 e. The fourth-order valence-electron chi connectivity index (χ4n) is 4.13. The SMILES string of the molecule is CN=C(NCC1(c2ccccc2C)CC1)N1CCC(OCCCOC)CC1.I. The van der Waals surface area contributed by atoms with Gasteiger partial charge in [0, 0.05) is 52.4 Å². The van der Waals surface area contributed by atoms with Gasteiger partial charge in [0.25, 0.3) is 0 Å². The first-order chi connectivity index (χ1) is 13.2. The zero-order valence-electron chi connectivity index (χ0n) is 17.6. The van der Waals surface area contributed by atoms with E-state index in [1.807, 2.05) is 7.05 Å². The van der Waals surface area contributed by atoms with Gasteiger partial charge < -0.3 is 19.7 Å². The monoisotopic (exact) mass is 501 g/mol. The van der Waals surface area contributed by atoms with Crippen LogP contribution >= 0.6 is 24.0 Å². The predicted octanol–water partition coefficient (Wildman–Crippen LogP) is 3.74. The van der Waals surface area contributed by atoms with Gasteiger partial charge >= 0.3 is 0 Å². The van der Waals surface area contributed by atoms with Crippen molar-refractivity contribution in [3.05, 3.63) is 35.4 Å². The van der Waals surface area contributed by atoms with Gasteiger partial charge in [-0.25, -0.2) is 0 Å². The first-order valence-electron chi connectivity index (χ1n) is 10.3. The Labute approximate surface area is 187 Å². The lowest BCUT2D eigenvalue weighted by Gasteiger charge is -2.34. The first kappa shape index (κ1) is 23.4. The number of piperidine rings is 1. The summed E-state index contributed by atoms with van der Waals surface area (Å²) in [6, 6.07) is 8.80. The van der Waals surface area contributed by atoms with Crippen LogP contribution in [0.1, 0.15) is 43.2 Å². The molecule has 1 aromatic carbocycles. The molecule has 0 radical (unpaired) electrons. The van der Waals surface area contributed by atoms with E-state index < -0.39 is 0 Å². The van der Waals surface area contributed by atoms with Crippen LogP contribution in [0, 0.1) is 6.92 Å². The van der Waals surface area contributed by atoms with Crippen molar-refractivity contribution in [2.75, 3.05) is 47.0 Å². The lowest BCUT2D eigenvalue weighted by molar-refractivity contribution is 0.00989. The molecule has 1 aliphatic heterocycles. The lowest BCUT2D eigenvalue weighted by Crippen LogP contribution is -2.48. The summed E-state index contributed by atoms with van der Waals surface area (Å²) < 4.78 is 11.1. The zero-order valence-corrected chi connectivity index (χ0v) is 19.9. The molecular weight excluding hydrogens is 465 g/mol. The fraction of sp³-hybridized carbons (Fsp3) is 0.682. The molecule has 158 valence electrons. The van der Waals surface area contributed by atoms with Gasteiger partial charge in [-0.05, 0) is 50.2 Å². The van der Waals surface area contributed by atoms with Crippen molar-refractivity contribution in [2.45, 2.75) is 50.5 Å². The summed E-state index contributed by atoms with van der Waals surface area (Å²) in [5, 5.41) is 3.66. The Hall–Kier alpha value is -0.860. The molecule has 0 spiro atoms. The summed E-state index contributed by atoms with van der Waals surface area (Å²) in [5.41, 5.74) is 3.19. The maximum Gasteiger partial charge on any atom is 0.193 e. The van der Waals surface area contributed by atoms with Crippen LogP contribution in [-0.2, 0) is 14.9 Å². The molecule has 1 saturated carbocycles. The molecule has 1 aromatic rings. The minimum Gasteiger partial charge on any atom is -0.385 e. The van der Waals surface area contributed by atoms with Gasteiger partial charge in [0.05, 0.1) is 6.10 Å². The van der Waals surface area contributed by atoms with Crippen molar-refractivity contribution >= 4 is 29.9 Å². The van der Waals surface area contributed by atoms with E-state index in [0.717, 1.165) is 58.1 Å². The fourth-order valence-corrected chi connectivity index (χ4v) is 4.13. The van der Waals surface area contributed by atoms with E-state index in [1.54, 1.807) is 7.11 Å². The molecule has 1 saturated heterocycles. The number of benzene rings is 1. The van der Waals surface area contributed by atoms with Gasteiger partial charge in [-0.2, -0.15) is 0 Å². The summed E-state index contributed by atoms with van der Waals surface area (Å²) >= 11 is 0. The Morgan fingerprint density at radius 2 is 1.93 bits per heavy atom. The van der Waals surface area contributed by atoms with E-state index in [0.29, 0.717) is 11.5 Å². The highest BCUT2D eigenvalue weighted by Crippen LogP contribution is 2.48. The maximum absolute atomic E-state index is 5.98. The van der Waals surface area contributed by atoms with Crippen LogP contribution < -0.4 is 5.32 Å². The van der Waals surface area contributed by atoms with Crippen molar-refractivity contribution in [3.63, 3.8) is 0 Å². The van der Waals surface area contributed by atoms with Crippen LogP contribution in [0.15, 0.2) is 29.3 Å². The van der Waals surface area contributed by atoms with E-state index in [1.165, 1.54) is 24.0 Å². The predicted molar refractivity (Wildman–Crippen MR) is 126 cm³/mol. The van der Waals surface area contributed by atoms with E-state index in [2.05, 4.69) is 46.4 Å². The van der Waals surface area contributed by atoms with Crippen LogP contribution in [-0.4, -0.2) is 64.0 Å². The number of hydrogen-bond donors (Lipinski definition) is 1. The number of nitrogens with one attached hydrogen (secondary N) is 1. The minimum absolute atomic E-state index is 0. The molecule has 2 aliphatic rings. The zero-order chi connectivity index (χ0) is 19.1. The van der Waals surface area contributed by atoms with Crippen LogP contribution in [0.3, 0.4) is 0 Å². The molecule has 28 heavy (non-hydrogen) atoms. The molecule has 1 N–H and O–H groups in total. The highest BCUT2D eigenvalue weighted by atomic mass is 127. The Bertz CT molecular complexity index is 626. The second kappa shape index (κ2) is 11.4. The van der Waals surface area contributed by atoms with Gasteiger partial charge in [0.1, 0.15) is 0 Å². The molecule has 0 atom stereocenters. The molecule has 1 aliphatic carbocycles. The Kier molecular flexibility index (Phi) is 9.50. The van der Waals surface area contributed by atoms with Crippen LogP contribution in [0.25, 0.3) is 0 Å². The number of rotatable bonds is 8. The molecule has 0 bridgehead atoms. The Balaban J connectivity index is 0.00000280. The van der Waals surface area contributed by atoms with Crippen molar-refractivity contribution < 1.29 is 9.47 Å². The molecule has 2 fully saturated rings. The Morgan fingerprint density at radius 1 is 1.21 bits per heavy atom. The third-order valence-electron chi connectivity index (χ3n) is 5.95. The smallest absolute Gasteiger partial charge is 0.193 e. The quantitative estimate of drug-likeness (QED) is 0.255.